The molecule has 1 saturated heterocycles. The molecule has 1 aliphatic carbocycles. The number of hydrogen-bond acceptors (Lipinski definition) is 4. The van der Waals surface area contributed by atoms with Crippen LogP contribution in [-0.2, 0) is 0 Å². The summed E-state index contributed by atoms with van der Waals surface area (Å²) in [7, 11) is 0. The Kier molecular flexibility index (Phi) is 4.93. The van der Waals surface area contributed by atoms with Gasteiger partial charge in [0.05, 0.1) is 6.20 Å². The van der Waals surface area contributed by atoms with Crippen molar-refractivity contribution >= 4 is 11.8 Å². The highest BCUT2D eigenvalue weighted by Gasteiger charge is 2.26. The molecule has 0 aromatic carbocycles. The van der Waals surface area contributed by atoms with Crippen molar-refractivity contribution in [3.8, 4) is 0 Å². The molecule has 2 N–H and O–H groups in total. The Labute approximate surface area is 135 Å². The Bertz CT molecular complexity index is 561. The highest BCUT2D eigenvalue weighted by molar-refractivity contribution is 5.74. The number of urea groups is 1. The van der Waals surface area contributed by atoms with Gasteiger partial charge in [-0.1, -0.05) is 0 Å². The maximum absolute atomic E-state index is 13.8. The van der Waals surface area contributed by atoms with Crippen molar-refractivity contribution in [2.24, 2.45) is 0 Å². The third kappa shape index (κ3) is 4.09. The van der Waals surface area contributed by atoms with E-state index < -0.39 is 5.82 Å². The van der Waals surface area contributed by atoms with Crippen LogP contribution in [0.4, 0.5) is 15.0 Å². The first-order valence-corrected chi connectivity index (χ1v) is 8.43. The molecule has 1 saturated carbocycles. The Balaban J connectivity index is 1.55. The number of carbonyl (C=O) groups excluding carboxylic acids is 1. The molecule has 2 fully saturated rings. The summed E-state index contributed by atoms with van der Waals surface area (Å²) >= 11 is 0. The van der Waals surface area contributed by atoms with Crippen molar-refractivity contribution in [1.29, 1.82) is 0 Å². The first-order valence-electron chi connectivity index (χ1n) is 8.43. The van der Waals surface area contributed by atoms with Gasteiger partial charge in [-0.05, 0) is 45.4 Å². The van der Waals surface area contributed by atoms with Gasteiger partial charge < -0.3 is 15.5 Å². The van der Waals surface area contributed by atoms with E-state index in [1.54, 1.807) is 6.92 Å². The molecule has 1 unspecified atom stereocenters. The number of carbonyl (C=O) groups is 1. The van der Waals surface area contributed by atoms with E-state index in [2.05, 4.69) is 20.6 Å². The van der Waals surface area contributed by atoms with E-state index in [1.165, 1.54) is 6.20 Å². The topological polar surface area (TPSA) is 70.2 Å². The van der Waals surface area contributed by atoms with E-state index in [0.717, 1.165) is 51.6 Å². The fourth-order valence-electron chi connectivity index (χ4n) is 3.39. The van der Waals surface area contributed by atoms with Crippen molar-refractivity contribution in [3.63, 3.8) is 0 Å². The van der Waals surface area contributed by atoms with E-state index in [-0.39, 0.29) is 23.9 Å². The van der Waals surface area contributed by atoms with E-state index in [1.807, 2.05) is 4.90 Å². The molecule has 0 bridgehead atoms. The normalized spacial score (nSPS) is 24.5. The predicted molar refractivity (Wildman–Crippen MR) is 85.7 cm³/mol. The molecule has 0 radical (unpaired) electrons. The fraction of sp³-hybridized carbons (Fsp3) is 0.688. The molecule has 0 spiro atoms. The summed E-state index contributed by atoms with van der Waals surface area (Å²) in [6, 6.07) is 0.300. The van der Waals surface area contributed by atoms with Crippen molar-refractivity contribution in [1.82, 2.24) is 20.2 Å². The van der Waals surface area contributed by atoms with Gasteiger partial charge in [0.2, 0.25) is 0 Å². The summed E-state index contributed by atoms with van der Waals surface area (Å²) in [6.45, 7) is 3.45. The molecule has 2 atom stereocenters. The third-order valence-corrected chi connectivity index (χ3v) is 4.60. The summed E-state index contributed by atoms with van der Waals surface area (Å²) < 4.78 is 13.8. The molecule has 1 aromatic heterocycles. The largest absolute Gasteiger partial charge is 0.365 e. The number of hydrogen-bond donors (Lipinski definition) is 2. The lowest BCUT2D eigenvalue weighted by molar-refractivity contribution is 0.199. The van der Waals surface area contributed by atoms with Gasteiger partial charge in [0, 0.05) is 25.2 Å². The maximum Gasteiger partial charge on any atom is 0.317 e. The van der Waals surface area contributed by atoms with Gasteiger partial charge in [0.1, 0.15) is 5.82 Å². The molecular formula is C16H24FN5O. The second kappa shape index (κ2) is 7.10. The highest BCUT2D eigenvalue weighted by atomic mass is 19.1. The van der Waals surface area contributed by atoms with Gasteiger partial charge >= 0.3 is 6.03 Å². The maximum atomic E-state index is 13.8. The molecule has 1 aromatic rings. The number of aryl methyl sites for hydroxylation is 1. The van der Waals surface area contributed by atoms with Crippen LogP contribution in [0.5, 0.6) is 0 Å². The van der Waals surface area contributed by atoms with Crippen LogP contribution in [0, 0.1) is 12.7 Å². The Hall–Kier alpha value is -1.92. The van der Waals surface area contributed by atoms with Crippen LogP contribution in [0.25, 0.3) is 0 Å². The van der Waals surface area contributed by atoms with Gasteiger partial charge in [-0.15, -0.1) is 0 Å². The second-order valence-electron chi connectivity index (χ2n) is 6.46. The zero-order valence-corrected chi connectivity index (χ0v) is 13.5. The molecule has 2 aliphatic rings. The van der Waals surface area contributed by atoms with Gasteiger partial charge in [-0.2, -0.15) is 0 Å². The zero-order chi connectivity index (χ0) is 16.2. The smallest absolute Gasteiger partial charge is 0.317 e. The molecule has 3 rings (SSSR count). The fourth-order valence-corrected chi connectivity index (χ4v) is 3.39. The quantitative estimate of drug-likeness (QED) is 0.897. The van der Waals surface area contributed by atoms with E-state index in [0.29, 0.717) is 5.82 Å². The van der Waals surface area contributed by atoms with Crippen LogP contribution in [-0.4, -0.2) is 46.1 Å². The average Bonchev–Trinajstić information content (AvgIpc) is 3.06. The lowest BCUT2D eigenvalue weighted by Gasteiger charge is -2.31. The van der Waals surface area contributed by atoms with Crippen LogP contribution in [0.15, 0.2) is 6.20 Å². The predicted octanol–water partition coefficient (Wildman–Crippen LogP) is 2.45. The molecule has 7 heteroatoms. The summed E-state index contributed by atoms with van der Waals surface area (Å²) in [4.78, 5) is 22.0. The van der Waals surface area contributed by atoms with Crippen LogP contribution in [0.2, 0.25) is 0 Å². The van der Waals surface area contributed by atoms with E-state index in [4.69, 9.17) is 0 Å². The SMILES string of the molecule is Cc1ncc(F)c(NC2CCC[C@@H](NC(=O)N3CCCC3)C2)n1. The van der Waals surface area contributed by atoms with Gasteiger partial charge in [-0.3, -0.25) is 0 Å². The Morgan fingerprint density at radius 1 is 1.26 bits per heavy atom. The molecular weight excluding hydrogens is 297 g/mol. The summed E-state index contributed by atoms with van der Waals surface area (Å²) in [6.07, 6.45) is 7.11. The molecule has 126 valence electrons. The lowest BCUT2D eigenvalue weighted by Crippen LogP contribution is -2.47. The van der Waals surface area contributed by atoms with Crippen molar-refractivity contribution in [2.45, 2.75) is 57.5 Å². The van der Waals surface area contributed by atoms with Crippen LogP contribution in [0.3, 0.4) is 0 Å². The average molecular weight is 321 g/mol. The number of rotatable bonds is 3. The number of nitrogens with one attached hydrogen (secondary N) is 2. The summed E-state index contributed by atoms with van der Waals surface area (Å²) in [5.74, 6) is 0.372. The molecule has 1 aliphatic heterocycles. The van der Waals surface area contributed by atoms with Crippen molar-refractivity contribution in [3.05, 3.63) is 17.8 Å². The minimum Gasteiger partial charge on any atom is -0.365 e. The van der Waals surface area contributed by atoms with Gasteiger partial charge in [-0.25, -0.2) is 19.2 Å². The Morgan fingerprint density at radius 2 is 2.00 bits per heavy atom. The van der Waals surface area contributed by atoms with E-state index >= 15 is 0 Å². The number of halogens is 1. The molecule has 2 heterocycles. The summed E-state index contributed by atoms with van der Waals surface area (Å²) in [5, 5.41) is 6.29. The number of amides is 2. The monoisotopic (exact) mass is 321 g/mol. The van der Waals surface area contributed by atoms with Crippen molar-refractivity contribution in [2.75, 3.05) is 18.4 Å². The van der Waals surface area contributed by atoms with E-state index in [9.17, 15) is 9.18 Å². The number of nitrogens with zero attached hydrogens (tertiary/aromatic N) is 3. The van der Waals surface area contributed by atoms with Crippen LogP contribution < -0.4 is 10.6 Å². The lowest BCUT2D eigenvalue weighted by atomic mass is 9.91. The number of anilines is 1. The molecule has 6 nitrogen and oxygen atoms in total. The standard InChI is InChI=1S/C16H24FN5O/c1-11-18-10-14(17)15(19-11)20-12-5-4-6-13(9-12)21-16(23)22-7-2-3-8-22/h10,12-13H,2-9H2,1H3,(H,21,23)(H,18,19,20)/t12?,13-/m1/s1. The second-order valence-corrected chi connectivity index (χ2v) is 6.46. The van der Waals surface area contributed by atoms with Crippen molar-refractivity contribution < 1.29 is 9.18 Å². The highest BCUT2D eigenvalue weighted by Crippen LogP contribution is 2.23. The van der Waals surface area contributed by atoms with Gasteiger partial charge in [0.15, 0.2) is 11.6 Å². The minimum absolute atomic E-state index is 0.0391. The van der Waals surface area contributed by atoms with Crippen LogP contribution in [0.1, 0.15) is 44.3 Å². The first kappa shape index (κ1) is 16.0. The number of aromatic nitrogens is 2. The third-order valence-electron chi connectivity index (χ3n) is 4.60. The zero-order valence-electron chi connectivity index (χ0n) is 13.5. The first-order chi connectivity index (χ1) is 11.1. The van der Waals surface area contributed by atoms with Crippen LogP contribution >= 0.6 is 0 Å². The minimum atomic E-state index is -0.432. The molecule has 2 amide bonds. The Morgan fingerprint density at radius 3 is 2.78 bits per heavy atom. The molecule has 23 heavy (non-hydrogen) atoms. The van der Waals surface area contributed by atoms with Gasteiger partial charge in [0.25, 0.3) is 0 Å². The summed E-state index contributed by atoms with van der Waals surface area (Å²) in [5.41, 5.74) is 0. The number of likely N-dealkylation sites (tertiary alicyclic amines) is 1.